The van der Waals surface area contributed by atoms with Gasteiger partial charge in [-0.3, -0.25) is 9.59 Å². The maximum Gasteiger partial charge on any atom is 0.253 e. The first-order valence-corrected chi connectivity index (χ1v) is 12.1. The minimum absolute atomic E-state index is 0.194. The summed E-state index contributed by atoms with van der Waals surface area (Å²) in [6.45, 7) is 0.712. The van der Waals surface area contributed by atoms with E-state index in [0.717, 1.165) is 5.56 Å². The number of nitrogens with zero attached hydrogens (tertiary/aromatic N) is 1. The Morgan fingerprint density at radius 1 is 1.00 bits per heavy atom. The average molecular weight is 530 g/mol. The minimum Gasteiger partial charge on any atom is -0.492 e. The number of rotatable bonds is 9. The normalized spacial score (nSPS) is 10.4. The Kier molecular flexibility index (Phi) is 9.90. The first-order chi connectivity index (χ1) is 16.8. The van der Waals surface area contributed by atoms with Crippen molar-refractivity contribution in [3.05, 3.63) is 94.0 Å². The molecule has 0 bridgehead atoms. The summed E-state index contributed by atoms with van der Waals surface area (Å²) in [5.74, 6) is 0.0241. The van der Waals surface area contributed by atoms with Gasteiger partial charge in [0, 0.05) is 25.0 Å². The lowest BCUT2D eigenvalue weighted by Crippen LogP contribution is -2.41. The number of thiocarbonyl (C=S) groups is 1. The van der Waals surface area contributed by atoms with E-state index in [2.05, 4.69) is 10.6 Å². The topological polar surface area (TPSA) is 70.7 Å². The molecule has 0 heterocycles. The van der Waals surface area contributed by atoms with E-state index in [0.29, 0.717) is 46.6 Å². The van der Waals surface area contributed by atoms with Crippen LogP contribution in [-0.2, 0) is 11.3 Å². The highest BCUT2D eigenvalue weighted by molar-refractivity contribution is 7.80. The summed E-state index contributed by atoms with van der Waals surface area (Å²) in [4.78, 5) is 26.8. The Morgan fingerprint density at radius 3 is 2.46 bits per heavy atom. The highest BCUT2D eigenvalue weighted by Crippen LogP contribution is 2.27. The fourth-order valence-corrected chi connectivity index (χ4v) is 3.89. The summed E-state index contributed by atoms with van der Waals surface area (Å²) in [6, 6.07) is 21.7. The number of carbonyl (C=O) groups is 2. The van der Waals surface area contributed by atoms with Crippen molar-refractivity contribution in [2.45, 2.75) is 19.4 Å². The van der Waals surface area contributed by atoms with Gasteiger partial charge in [-0.05, 0) is 54.5 Å². The third kappa shape index (κ3) is 7.96. The van der Waals surface area contributed by atoms with E-state index in [1.807, 2.05) is 36.4 Å². The molecule has 3 aromatic rings. The zero-order valence-corrected chi connectivity index (χ0v) is 21.4. The monoisotopic (exact) mass is 529 g/mol. The lowest BCUT2D eigenvalue weighted by molar-refractivity contribution is -0.119. The van der Waals surface area contributed by atoms with Crippen LogP contribution in [0.3, 0.4) is 0 Å². The molecule has 0 radical (unpaired) electrons. The van der Waals surface area contributed by atoms with Crippen LogP contribution in [0.5, 0.6) is 5.75 Å². The van der Waals surface area contributed by atoms with Crippen LogP contribution in [-0.4, -0.2) is 30.6 Å². The van der Waals surface area contributed by atoms with E-state index in [1.165, 1.54) is 0 Å². The first-order valence-electron chi connectivity index (χ1n) is 10.9. The van der Waals surface area contributed by atoms with Gasteiger partial charge < -0.3 is 20.3 Å². The molecule has 0 atom stereocenters. The summed E-state index contributed by atoms with van der Waals surface area (Å²) >= 11 is 17.4. The van der Waals surface area contributed by atoms with Gasteiger partial charge in [-0.15, -0.1) is 0 Å². The molecule has 0 aliphatic heterocycles. The number of benzene rings is 3. The number of ether oxygens (including phenoxy) is 1. The molecule has 3 aromatic carbocycles. The highest BCUT2D eigenvalue weighted by Gasteiger charge is 2.17. The van der Waals surface area contributed by atoms with Crippen LogP contribution >= 0.6 is 35.4 Å². The van der Waals surface area contributed by atoms with Crippen molar-refractivity contribution in [2.24, 2.45) is 0 Å². The van der Waals surface area contributed by atoms with E-state index >= 15 is 0 Å². The van der Waals surface area contributed by atoms with Crippen molar-refractivity contribution < 1.29 is 14.3 Å². The van der Waals surface area contributed by atoms with Gasteiger partial charge in [-0.25, -0.2) is 0 Å². The van der Waals surface area contributed by atoms with E-state index < -0.39 is 0 Å². The molecule has 0 saturated heterocycles. The van der Waals surface area contributed by atoms with Crippen LogP contribution in [0.1, 0.15) is 28.8 Å². The third-order valence-electron chi connectivity index (χ3n) is 5.06. The molecule has 0 aromatic heterocycles. The first kappa shape index (κ1) is 26.5. The van der Waals surface area contributed by atoms with Gasteiger partial charge in [-0.1, -0.05) is 65.7 Å². The van der Waals surface area contributed by atoms with E-state index in [-0.39, 0.29) is 23.3 Å². The summed E-state index contributed by atoms with van der Waals surface area (Å²) in [5.41, 5.74) is 2.04. The molecule has 0 spiro atoms. The fourth-order valence-electron chi connectivity index (χ4n) is 3.21. The largest absolute Gasteiger partial charge is 0.492 e. The molecule has 2 N–H and O–H groups in total. The standard InChI is InChI=1S/C26H25Cl2N3O3S/c1-31(22-11-6-5-10-20(22)25(33)29-17-18-8-3-2-4-9-18)26(35)30-24(32)12-7-15-34-23-14-13-19(27)16-21(23)28/h2-6,8-11,13-14,16H,7,12,15,17H2,1H3,(H,29,33)(H,30,32,35). The summed E-state index contributed by atoms with van der Waals surface area (Å²) in [5, 5.41) is 6.76. The van der Waals surface area contributed by atoms with E-state index in [4.69, 9.17) is 40.2 Å². The molecule has 0 unspecified atom stereocenters. The fraction of sp³-hybridized carbons (Fsp3) is 0.192. The number of hydrogen-bond acceptors (Lipinski definition) is 4. The van der Waals surface area contributed by atoms with Crippen molar-refractivity contribution in [2.75, 3.05) is 18.6 Å². The van der Waals surface area contributed by atoms with E-state index in [1.54, 1.807) is 48.3 Å². The Hall–Kier alpha value is -3.13. The van der Waals surface area contributed by atoms with Crippen LogP contribution in [0.4, 0.5) is 5.69 Å². The lowest BCUT2D eigenvalue weighted by Gasteiger charge is -2.23. The van der Waals surface area contributed by atoms with Crippen LogP contribution in [0.15, 0.2) is 72.8 Å². The average Bonchev–Trinajstić information content (AvgIpc) is 2.86. The molecule has 0 fully saturated rings. The molecule has 6 nitrogen and oxygen atoms in total. The summed E-state index contributed by atoms with van der Waals surface area (Å²) in [7, 11) is 1.71. The Balaban J connectivity index is 1.50. The van der Waals surface area contributed by atoms with Crippen molar-refractivity contribution in [3.8, 4) is 5.75 Å². The SMILES string of the molecule is CN(C(=S)NC(=O)CCCOc1ccc(Cl)cc1Cl)c1ccccc1C(=O)NCc1ccccc1. The second kappa shape index (κ2) is 13.1. The van der Waals surface area contributed by atoms with Crippen LogP contribution in [0, 0.1) is 0 Å². The number of amides is 2. The smallest absolute Gasteiger partial charge is 0.253 e. The molecule has 9 heteroatoms. The zero-order valence-electron chi connectivity index (χ0n) is 19.1. The number of carbonyl (C=O) groups excluding carboxylic acids is 2. The molecule has 0 aliphatic rings. The van der Waals surface area contributed by atoms with Gasteiger partial charge >= 0.3 is 0 Å². The van der Waals surface area contributed by atoms with Crippen LogP contribution < -0.4 is 20.3 Å². The molecule has 3 rings (SSSR count). The van der Waals surface area contributed by atoms with Crippen molar-refractivity contribution >= 4 is 58.0 Å². The van der Waals surface area contributed by atoms with Crippen LogP contribution in [0.2, 0.25) is 10.0 Å². The van der Waals surface area contributed by atoms with Crippen molar-refractivity contribution in [1.29, 1.82) is 0 Å². The van der Waals surface area contributed by atoms with Gasteiger partial charge in [0.2, 0.25) is 5.91 Å². The Bertz CT molecular complexity index is 1190. The van der Waals surface area contributed by atoms with Crippen molar-refractivity contribution in [3.63, 3.8) is 0 Å². The second-order valence-corrected chi connectivity index (χ2v) is 8.85. The maximum absolute atomic E-state index is 12.8. The molecule has 182 valence electrons. The third-order valence-corrected chi connectivity index (χ3v) is 5.96. The highest BCUT2D eigenvalue weighted by atomic mass is 35.5. The van der Waals surface area contributed by atoms with Gasteiger partial charge in [-0.2, -0.15) is 0 Å². The Morgan fingerprint density at radius 2 is 1.71 bits per heavy atom. The summed E-state index contributed by atoms with van der Waals surface area (Å²) in [6.07, 6.45) is 0.675. The lowest BCUT2D eigenvalue weighted by atomic mass is 10.1. The predicted octanol–water partition coefficient (Wildman–Crippen LogP) is 5.62. The molecular weight excluding hydrogens is 505 g/mol. The quantitative estimate of drug-likeness (QED) is 0.278. The molecule has 0 saturated carbocycles. The van der Waals surface area contributed by atoms with Gasteiger partial charge in [0.05, 0.1) is 22.9 Å². The van der Waals surface area contributed by atoms with Gasteiger partial charge in [0.25, 0.3) is 5.91 Å². The molecular formula is C26H25Cl2N3O3S. The van der Waals surface area contributed by atoms with Crippen molar-refractivity contribution in [1.82, 2.24) is 10.6 Å². The number of nitrogens with one attached hydrogen (secondary N) is 2. The number of para-hydroxylation sites is 1. The molecule has 35 heavy (non-hydrogen) atoms. The molecule has 2 amide bonds. The van der Waals surface area contributed by atoms with E-state index in [9.17, 15) is 9.59 Å². The predicted molar refractivity (Wildman–Crippen MR) is 144 cm³/mol. The zero-order chi connectivity index (χ0) is 25.2. The van der Waals surface area contributed by atoms with Crippen LogP contribution in [0.25, 0.3) is 0 Å². The second-order valence-electron chi connectivity index (χ2n) is 7.62. The van der Waals surface area contributed by atoms with Gasteiger partial charge in [0.15, 0.2) is 5.11 Å². The summed E-state index contributed by atoms with van der Waals surface area (Å²) < 4.78 is 5.60. The maximum atomic E-state index is 12.8. The minimum atomic E-state index is -0.251. The number of halogens is 2. The number of hydrogen-bond donors (Lipinski definition) is 2. The van der Waals surface area contributed by atoms with Gasteiger partial charge in [0.1, 0.15) is 5.75 Å². The Labute approximate surface area is 220 Å². The number of anilines is 1. The molecule has 0 aliphatic carbocycles.